The Balaban J connectivity index is 2.12. The Labute approximate surface area is 115 Å². The van der Waals surface area contributed by atoms with E-state index in [9.17, 15) is 9.65 Å². The zero-order chi connectivity index (χ0) is 13.0. The minimum absolute atomic E-state index is 0.307. The summed E-state index contributed by atoms with van der Waals surface area (Å²) in [6, 6.07) is 6.62. The monoisotopic (exact) mass is 310 g/mol. The fourth-order valence-electron chi connectivity index (χ4n) is 2.44. The van der Waals surface area contributed by atoms with Crippen molar-refractivity contribution in [3.8, 4) is 6.07 Å². The summed E-state index contributed by atoms with van der Waals surface area (Å²) in [6.45, 7) is 0. The molecule has 1 N–H and O–H groups in total. The Kier molecular flexibility index (Phi) is 4.73. The number of nitrogens with zero attached hydrogens (tertiary/aromatic N) is 1. The largest absolute Gasteiger partial charge is 0.295 e. The van der Waals surface area contributed by atoms with Gasteiger partial charge in [-0.1, -0.05) is 35.2 Å². The molecule has 1 atom stereocenters. The van der Waals surface area contributed by atoms with E-state index in [1.54, 1.807) is 6.07 Å². The van der Waals surface area contributed by atoms with Gasteiger partial charge in [0.2, 0.25) is 0 Å². The third-order valence-electron chi connectivity index (χ3n) is 3.41. The highest BCUT2D eigenvalue weighted by atomic mass is 79.9. The van der Waals surface area contributed by atoms with Gasteiger partial charge in [-0.3, -0.25) is 5.32 Å². The van der Waals surface area contributed by atoms with E-state index in [0.29, 0.717) is 11.6 Å². The number of nitriles is 1. The van der Waals surface area contributed by atoms with E-state index in [2.05, 4.69) is 27.3 Å². The fraction of sp³-hybridized carbons (Fsp3) is 0.500. The first-order valence-electron chi connectivity index (χ1n) is 6.31. The van der Waals surface area contributed by atoms with Crippen molar-refractivity contribution in [2.75, 3.05) is 0 Å². The molecule has 0 amide bonds. The smallest absolute Gasteiger partial charge is 0.123 e. The summed E-state index contributed by atoms with van der Waals surface area (Å²) < 4.78 is 14.0. The molecule has 1 unspecified atom stereocenters. The zero-order valence-electron chi connectivity index (χ0n) is 10.1. The van der Waals surface area contributed by atoms with Crippen LogP contribution in [0.2, 0.25) is 0 Å². The SMILES string of the molecule is N#CC(NC1CCCCC1)c1cc(F)ccc1Br. The molecule has 18 heavy (non-hydrogen) atoms. The lowest BCUT2D eigenvalue weighted by molar-refractivity contribution is 0.359. The number of rotatable bonds is 3. The van der Waals surface area contributed by atoms with Crippen LogP contribution in [0.25, 0.3) is 0 Å². The summed E-state index contributed by atoms with van der Waals surface area (Å²) in [5, 5.41) is 12.6. The van der Waals surface area contributed by atoms with E-state index in [1.807, 2.05) is 0 Å². The highest BCUT2D eigenvalue weighted by Crippen LogP contribution is 2.26. The first-order valence-corrected chi connectivity index (χ1v) is 7.10. The van der Waals surface area contributed by atoms with Gasteiger partial charge in [-0.25, -0.2) is 4.39 Å². The second-order valence-corrected chi connectivity index (χ2v) is 5.58. The molecular weight excluding hydrogens is 295 g/mol. The van der Waals surface area contributed by atoms with Gasteiger partial charge < -0.3 is 0 Å². The van der Waals surface area contributed by atoms with Crippen LogP contribution in [-0.4, -0.2) is 6.04 Å². The second kappa shape index (κ2) is 6.31. The predicted molar refractivity (Wildman–Crippen MR) is 72.5 cm³/mol. The first kappa shape index (κ1) is 13.5. The van der Waals surface area contributed by atoms with Gasteiger partial charge in [0.05, 0.1) is 6.07 Å². The van der Waals surface area contributed by atoms with E-state index in [0.717, 1.165) is 17.3 Å². The van der Waals surface area contributed by atoms with Crippen molar-refractivity contribution in [1.82, 2.24) is 5.32 Å². The highest BCUT2D eigenvalue weighted by molar-refractivity contribution is 9.10. The molecule has 0 spiro atoms. The van der Waals surface area contributed by atoms with Crippen LogP contribution in [0.5, 0.6) is 0 Å². The molecule has 96 valence electrons. The summed E-state index contributed by atoms with van der Waals surface area (Å²) in [5.41, 5.74) is 0.683. The van der Waals surface area contributed by atoms with Crippen molar-refractivity contribution in [1.29, 1.82) is 5.26 Å². The highest BCUT2D eigenvalue weighted by Gasteiger charge is 2.20. The predicted octanol–water partition coefficient (Wildman–Crippen LogP) is 4.08. The normalized spacial score (nSPS) is 18.3. The third-order valence-corrected chi connectivity index (χ3v) is 4.13. The standard InChI is InChI=1S/C14H16BrFN2/c15-13-7-6-10(16)8-12(13)14(9-17)18-11-4-2-1-3-5-11/h6-8,11,14,18H,1-5H2. The molecule has 0 heterocycles. The summed E-state index contributed by atoms with van der Waals surface area (Å²) in [6.07, 6.45) is 5.90. The van der Waals surface area contributed by atoms with Crippen LogP contribution < -0.4 is 5.32 Å². The molecule has 1 fully saturated rings. The molecule has 0 bridgehead atoms. The van der Waals surface area contributed by atoms with Crippen molar-refractivity contribution in [3.63, 3.8) is 0 Å². The maximum atomic E-state index is 13.3. The van der Waals surface area contributed by atoms with Crippen molar-refractivity contribution in [2.24, 2.45) is 0 Å². The Hall–Kier alpha value is -0.920. The van der Waals surface area contributed by atoms with Gasteiger partial charge in [0.15, 0.2) is 0 Å². The third kappa shape index (κ3) is 3.30. The molecule has 1 aliphatic carbocycles. The molecule has 0 aliphatic heterocycles. The van der Waals surface area contributed by atoms with E-state index in [-0.39, 0.29) is 5.82 Å². The zero-order valence-corrected chi connectivity index (χ0v) is 11.7. The van der Waals surface area contributed by atoms with E-state index < -0.39 is 6.04 Å². The summed E-state index contributed by atoms with van der Waals surface area (Å²) in [5.74, 6) is -0.307. The van der Waals surface area contributed by atoms with Gasteiger partial charge >= 0.3 is 0 Å². The van der Waals surface area contributed by atoms with Crippen LogP contribution in [0.15, 0.2) is 22.7 Å². The lowest BCUT2D eigenvalue weighted by Gasteiger charge is -2.26. The van der Waals surface area contributed by atoms with Gasteiger partial charge in [0, 0.05) is 16.1 Å². The Bertz CT molecular complexity index is 450. The summed E-state index contributed by atoms with van der Waals surface area (Å²) in [4.78, 5) is 0. The average Bonchev–Trinajstić information content (AvgIpc) is 2.40. The topological polar surface area (TPSA) is 35.8 Å². The van der Waals surface area contributed by atoms with E-state index in [4.69, 9.17) is 0 Å². The lowest BCUT2D eigenvalue weighted by Crippen LogP contribution is -2.34. The van der Waals surface area contributed by atoms with Crippen LogP contribution in [0, 0.1) is 17.1 Å². The molecule has 2 nitrogen and oxygen atoms in total. The Morgan fingerprint density at radius 1 is 1.33 bits per heavy atom. The number of benzene rings is 1. The van der Waals surface area contributed by atoms with Crippen molar-refractivity contribution >= 4 is 15.9 Å². The minimum Gasteiger partial charge on any atom is -0.295 e. The number of hydrogen-bond donors (Lipinski definition) is 1. The minimum atomic E-state index is -0.446. The number of halogens is 2. The molecule has 2 rings (SSSR count). The fourth-order valence-corrected chi connectivity index (χ4v) is 2.91. The average molecular weight is 311 g/mol. The molecule has 1 aliphatic rings. The molecule has 1 saturated carbocycles. The Morgan fingerprint density at radius 2 is 2.06 bits per heavy atom. The molecular formula is C14H16BrFN2. The second-order valence-electron chi connectivity index (χ2n) is 4.73. The van der Waals surface area contributed by atoms with Crippen LogP contribution >= 0.6 is 15.9 Å². The van der Waals surface area contributed by atoms with Crippen LogP contribution in [0.3, 0.4) is 0 Å². The van der Waals surface area contributed by atoms with Gasteiger partial charge in [-0.05, 0) is 31.0 Å². The Morgan fingerprint density at radius 3 is 2.72 bits per heavy atom. The van der Waals surface area contributed by atoms with Crippen molar-refractivity contribution in [3.05, 3.63) is 34.1 Å². The molecule has 0 saturated heterocycles. The van der Waals surface area contributed by atoms with E-state index in [1.165, 1.54) is 31.4 Å². The lowest BCUT2D eigenvalue weighted by atomic mass is 9.94. The van der Waals surface area contributed by atoms with Crippen LogP contribution in [-0.2, 0) is 0 Å². The summed E-state index contributed by atoms with van der Waals surface area (Å²) >= 11 is 3.38. The number of hydrogen-bond acceptors (Lipinski definition) is 2. The van der Waals surface area contributed by atoms with Crippen LogP contribution in [0.1, 0.15) is 43.7 Å². The van der Waals surface area contributed by atoms with Crippen molar-refractivity contribution < 1.29 is 4.39 Å². The maximum Gasteiger partial charge on any atom is 0.123 e. The molecule has 4 heteroatoms. The first-order chi connectivity index (χ1) is 8.70. The van der Waals surface area contributed by atoms with Gasteiger partial charge in [-0.2, -0.15) is 5.26 Å². The van der Waals surface area contributed by atoms with E-state index >= 15 is 0 Å². The number of nitrogens with one attached hydrogen (secondary N) is 1. The van der Waals surface area contributed by atoms with Crippen LogP contribution in [0.4, 0.5) is 4.39 Å². The van der Waals surface area contributed by atoms with Gasteiger partial charge in [-0.15, -0.1) is 0 Å². The quantitative estimate of drug-likeness (QED) is 0.913. The molecule has 0 radical (unpaired) electrons. The summed E-state index contributed by atoms with van der Waals surface area (Å²) in [7, 11) is 0. The van der Waals surface area contributed by atoms with Crippen molar-refractivity contribution in [2.45, 2.75) is 44.2 Å². The molecule has 1 aromatic rings. The molecule has 0 aromatic heterocycles. The molecule has 1 aromatic carbocycles. The van der Waals surface area contributed by atoms with Gasteiger partial charge in [0.25, 0.3) is 0 Å². The maximum absolute atomic E-state index is 13.3. The van der Waals surface area contributed by atoms with Gasteiger partial charge in [0.1, 0.15) is 11.9 Å².